The van der Waals surface area contributed by atoms with Crippen LogP contribution in [0.25, 0.3) is 0 Å². The molecule has 0 amide bonds. The average molecular weight is 515 g/mol. The molecule has 2 heterocycles. The van der Waals surface area contributed by atoms with Gasteiger partial charge in [0.2, 0.25) is 0 Å². The summed E-state index contributed by atoms with van der Waals surface area (Å²) in [6.45, 7) is 11.1. The number of likely N-dealkylation sites (tertiary alicyclic amines) is 1. The molecule has 0 aromatic heterocycles. The van der Waals surface area contributed by atoms with Crippen LogP contribution in [0.2, 0.25) is 0 Å². The predicted molar refractivity (Wildman–Crippen MR) is 133 cm³/mol. The van der Waals surface area contributed by atoms with Crippen molar-refractivity contribution in [2.24, 2.45) is 4.99 Å². The van der Waals surface area contributed by atoms with E-state index in [1.165, 1.54) is 63.1 Å². The van der Waals surface area contributed by atoms with Gasteiger partial charge in [0, 0.05) is 46.3 Å². The van der Waals surface area contributed by atoms with Crippen molar-refractivity contribution in [3.63, 3.8) is 0 Å². The number of nitrogens with zero attached hydrogens (tertiary/aromatic N) is 4. The Bertz CT molecular complexity index is 600. The van der Waals surface area contributed by atoms with E-state index in [4.69, 9.17) is 0 Å². The lowest BCUT2D eigenvalue weighted by atomic mass is 10.1. The fraction of sp³-hybridized carbons (Fsp3) is 0.682. The molecule has 2 saturated heterocycles. The Morgan fingerprint density at radius 1 is 0.862 bits per heavy atom. The molecule has 29 heavy (non-hydrogen) atoms. The first-order chi connectivity index (χ1) is 13.7. The van der Waals surface area contributed by atoms with Crippen LogP contribution in [-0.2, 0) is 13.1 Å². The van der Waals surface area contributed by atoms with Gasteiger partial charge in [-0.05, 0) is 63.6 Å². The van der Waals surface area contributed by atoms with Gasteiger partial charge in [0.15, 0.2) is 5.96 Å². The van der Waals surface area contributed by atoms with E-state index in [1.807, 2.05) is 7.05 Å². The van der Waals surface area contributed by atoms with E-state index in [0.29, 0.717) is 0 Å². The maximum absolute atomic E-state index is 4.36. The van der Waals surface area contributed by atoms with E-state index in [0.717, 1.165) is 38.7 Å². The standard InChI is InChI=1S/C22H38N6.HI/c1-23-22(24-10-15-27-14-5-11-26(2)16-17-27)25-18-20-6-8-21(9-7-20)19-28-12-3-4-13-28;/h6-9H,3-5,10-19H2,1-2H3,(H2,23,24,25);1H. The molecule has 6 nitrogen and oxygen atoms in total. The highest BCUT2D eigenvalue weighted by molar-refractivity contribution is 14.0. The Morgan fingerprint density at radius 3 is 2.28 bits per heavy atom. The number of benzene rings is 1. The quantitative estimate of drug-likeness (QED) is 0.332. The molecule has 0 atom stereocenters. The first kappa shape index (κ1) is 24.4. The maximum atomic E-state index is 4.36. The molecule has 2 aliphatic heterocycles. The van der Waals surface area contributed by atoms with Crippen LogP contribution < -0.4 is 10.6 Å². The van der Waals surface area contributed by atoms with E-state index in [2.05, 4.69) is 61.6 Å². The van der Waals surface area contributed by atoms with Gasteiger partial charge in [-0.25, -0.2) is 0 Å². The van der Waals surface area contributed by atoms with Crippen LogP contribution in [0.3, 0.4) is 0 Å². The minimum absolute atomic E-state index is 0. The molecular weight excluding hydrogens is 475 g/mol. The Morgan fingerprint density at radius 2 is 1.55 bits per heavy atom. The molecule has 2 fully saturated rings. The highest BCUT2D eigenvalue weighted by atomic mass is 127. The number of aliphatic imine (C=N–C) groups is 1. The molecule has 0 bridgehead atoms. The minimum Gasteiger partial charge on any atom is -0.355 e. The molecule has 3 rings (SSSR count). The first-order valence-corrected chi connectivity index (χ1v) is 10.9. The highest BCUT2D eigenvalue weighted by Gasteiger charge is 2.12. The molecule has 0 spiro atoms. The van der Waals surface area contributed by atoms with Gasteiger partial charge < -0.3 is 20.4 Å². The van der Waals surface area contributed by atoms with E-state index in [9.17, 15) is 0 Å². The first-order valence-electron chi connectivity index (χ1n) is 10.9. The van der Waals surface area contributed by atoms with Crippen LogP contribution in [0.15, 0.2) is 29.3 Å². The maximum Gasteiger partial charge on any atom is 0.191 e. The molecular formula is C22H39IN6. The summed E-state index contributed by atoms with van der Waals surface area (Å²) >= 11 is 0. The molecule has 1 aromatic rings. The second kappa shape index (κ2) is 13.4. The van der Waals surface area contributed by atoms with Crippen LogP contribution in [0.5, 0.6) is 0 Å². The molecule has 0 aliphatic carbocycles. The Balaban J connectivity index is 0.00000300. The fourth-order valence-corrected chi connectivity index (χ4v) is 4.02. The summed E-state index contributed by atoms with van der Waals surface area (Å²) in [6.07, 6.45) is 3.96. The number of hydrogen-bond donors (Lipinski definition) is 2. The van der Waals surface area contributed by atoms with E-state index in [-0.39, 0.29) is 24.0 Å². The molecule has 2 N–H and O–H groups in total. The smallest absolute Gasteiger partial charge is 0.191 e. The van der Waals surface area contributed by atoms with E-state index >= 15 is 0 Å². The van der Waals surface area contributed by atoms with Crippen molar-refractivity contribution in [2.45, 2.75) is 32.4 Å². The Kier molecular flexibility index (Phi) is 11.3. The topological polar surface area (TPSA) is 46.1 Å². The number of nitrogens with one attached hydrogen (secondary N) is 2. The highest BCUT2D eigenvalue weighted by Crippen LogP contribution is 2.13. The van der Waals surface area contributed by atoms with E-state index < -0.39 is 0 Å². The fourth-order valence-electron chi connectivity index (χ4n) is 4.02. The van der Waals surface area contributed by atoms with Crippen LogP contribution in [0.1, 0.15) is 30.4 Å². The minimum atomic E-state index is 0. The van der Waals surface area contributed by atoms with Crippen LogP contribution in [0, 0.1) is 0 Å². The lowest BCUT2D eigenvalue weighted by Crippen LogP contribution is -2.42. The van der Waals surface area contributed by atoms with Gasteiger partial charge in [0.25, 0.3) is 0 Å². The molecule has 0 unspecified atom stereocenters. The largest absolute Gasteiger partial charge is 0.355 e. The van der Waals surface area contributed by atoms with Crippen molar-refractivity contribution >= 4 is 29.9 Å². The number of rotatable bonds is 7. The molecule has 0 saturated carbocycles. The lowest BCUT2D eigenvalue weighted by molar-refractivity contribution is 0.280. The Labute approximate surface area is 194 Å². The number of guanidine groups is 1. The zero-order valence-electron chi connectivity index (χ0n) is 18.2. The van der Waals surface area contributed by atoms with E-state index in [1.54, 1.807) is 0 Å². The lowest BCUT2D eigenvalue weighted by Gasteiger charge is -2.21. The number of halogens is 1. The number of likely N-dealkylation sites (N-methyl/N-ethyl adjacent to an activating group) is 1. The van der Waals surface area contributed by atoms with Crippen molar-refractivity contribution in [1.29, 1.82) is 0 Å². The monoisotopic (exact) mass is 514 g/mol. The summed E-state index contributed by atoms with van der Waals surface area (Å²) in [7, 11) is 4.06. The van der Waals surface area contributed by atoms with Gasteiger partial charge in [0.05, 0.1) is 0 Å². The third-order valence-electron chi connectivity index (χ3n) is 5.84. The predicted octanol–water partition coefficient (Wildman–Crippen LogP) is 2.20. The molecule has 2 aliphatic rings. The van der Waals surface area contributed by atoms with Crippen LogP contribution in [0.4, 0.5) is 0 Å². The van der Waals surface area contributed by atoms with Crippen molar-refractivity contribution in [3.05, 3.63) is 35.4 Å². The van der Waals surface area contributed by atoms with Gasteiger partial charge in [-0.3, -0.25) is 9.89 Å². The van der Waals surface area contributed by atoms with Crippen LogP contribution in [-0.4, -0.2) is 87.1 Å². The van der Waals surface area contributed by atoms with Gasteiger partial charge >= 0.3 is 0 Å². The summed E-state index contributed by atoms with van der Waals surface area (Å²) < 4.78 is 0. The average Bonchev–Trinajstić information content (AvgIpc) is 3.13. The summed E-state index contributed by atoms with van der Waals surface area (Å²) in [5.74, 6) is 0.882. The van der Waals surface area contributed by atoms with Gasteiger partial charge in [0.1, 0.15) is 0 Å². The number of hydrogen-bond acceptors (Lipinski definition) is 4. The van der Waals surface area contributed by atoms with Gasteiger partial charge in [-0.2, -0.15) is 0 Å². The third kappa shape index (κ3) is 8.78. The summed E-state index contributed by atoms with van der Waals surface area (Å²) in [5, 5.41) is 6.89. The molecule has 1 aromatic carbocycles. The van der Waals surface area contributed by atoms with Gasteiger partial charge in [-0.1, -0.05) is 24.3 Å². The van der Waals surface area contributed by atoms with Crippen molar-refractivity contribution in [2.75, 3.05) is 66.5 Å². The Hall–Kier alpha value is -0.900. The van der Waals surface area contributed by atoms with Crippen molar-refractivity contribution in [3.8, 4) is 0 Å². The van der Waals surface area contributed by atoms with Crippen molar-refractivity contribution < 1.29 is 0 Å². The van der Waals surface area contributed by atoms with Crippen molar-refractivity contribution in [1.82, 2.24) is 25.3 Å². The molecule has 0 radical (unpaired) electrons. The van der Waals surface area contributed by atoms with Gasteiger partial charge in [-0.15, -0.1) is 24.0 Å². The summed E-state index contributed by atoms with van der Waals surface area (Å²) in [6, 6.07) is 9.00. The summed E-state index contributed by atoms with van der Waals surface area (Å²) in [5.41, 5.74) is 2.71. The molecule has 7 heteroatoms. The second-order valence-electron chi connectivity index (χ2n) is 8.15. The zero-order chi connectivity index (χ0) is 19.6. The van der Waals surface area contributed by atoms with Crippen LogP contribution >= 0.6 is 24.0 Å². The molecule has 164 valence electrons. The normalized spacial score (nSPS) is 19.6. The second-order valence-corrected chi connectivity index (χ2v) is 8.15. The summed E-state index contributed by atoms with van der Waals surface area (Å²) in [4.78, 5) is 11.9. The SMILES string of the molecule is CN=C(NCCN1CCCN(C)CC1)NCc1ccc(CN2CCCC2)cc1.I. The zero-order valence-corrected chi connectivity index (χ0v) is 20.5. The third-order valence-corrected chi connectivity index (χ3v) is 5.84.